The van der Waals surface area contributed by atoms with Crippen LogP contribution in [-0.4, -0.2) is 28.0 Å². The van der Waals surface area contributed by atoms with Crippen molar-refractivity contribution in [3.05, 3.63) is 47.7 Å². The summed E-state index contributed by atoms with van der Waals surface area (Å²) in [6.07, 6.45) is 0.513. The van der Waals surface area contributed by atoms with Gasteiger partial charge in [0.15, 0.2) is 0 Å². The quantitative estimate of drug-likeness (QED) is 0.866. The first-order valence-electron chi connectivity index (χ1n) is 6.96. The fourth-order valence-corrected chi connectivity index (χ4v) is 2.33. The van der Waals surface area contributed by atoms with Crippen LogP contribution in [0.2, 0.25) is 0 Å². The zero-order valence-corrected chi connectivity index (χ0v) is 11.3. The Morgan fingerprint density at radius 2 is 2.20 bits per heavy atom. The minimum absolute atomic E-state index is 0.496. The smallest absolute Gasteiger partial charge is 0.212 e. The minimum Gasteiger partial charge on any atom is -0.478 e. The van der Waals surface area contributed by atoms with Crippen molar-refractivity contribution >= 4 is 0 Å². The van der Waals surface area contributed by atoms with Crippen molar-refractivity contribution < 1.29 is 9.84 Å². The predicted octanol–water partition coefficient (Wildman–Crippen LogP) is 1.49. The van der Waals surface area contributed by atoms with Gasteiger partial charge in [-0.3, -0.25) is 0 Å². The van der Waals surface area contributed by atoms with Crippen LogP contribution in [0.3, 0.4) is 0 Å². The van der Waals surface area contributed by atoms with E-state index in [0.717, 1.165) is 36.7 Å². The van der Waals surface area contributed by atoms with Crippen molar-refractivity contribution in [2.75, 3.05) is 13.2 Å². The first kappa shape index (κ1) is 13.1. The molecule has 106 valence electrons. The second-order valence-electron chi connectivity index (χ2n) is 4.96. The highest BCUT2D eigenvalue weighted by molar-refractivity contribution is 5.18. The largest absolute Gasteiger partial charge is 0.478 e. The number of aliphatic hydroxyl groups excluding tert-OH is 1. The molecule has 20 heavy (non-hydrogen) atoms. The van der Waals surface area contributed by atoms with E-state index in [9.17, 15) is 5.11 Å². The van der Waals surface area contributed by atoms with Gasteiger partial charge in [-0.05, 0) is 5.56 Å². The fraction of sp³-hybridized carbons (Fsp3) is 0.400. The Morgan fingerprint density at radius 1 is 1.35 bits per heavy atom. The van der Waals surface area contributed by atoms with E-state index >= 15 is 0 Å². The highest BCUT2D eigenvalue weighted by Crippen LogP contribution is 2.18. The van der Waals surface area contributed by atoms with Crippen molar-refractivity contribution in [2.45, 2.75) is 25.6 Å². The normalized spacial score (nSPS) is 15.4. The Kier molecular flexibility index (Phi) is 3.99. The standard InChI is InChI=1S/C15H19N3O2/c19-14(12-5-2-1-3-6-12)11-16-10-13-9-15-18(17-13)7-4-8-20-15/h1-3,5-6,9,14,16,19H,4,7-8,10-11H2/t14-/m1/s1. The molecule has 2 N–H and O–H groups in total. The molecule has 5 heteroatoms. The lowest BCUT2D eigenvalue weighted by Crippen LogP contribution is -2.21. The lowest BCUT2D eigenvalue weighted by molar-refractivity contribution is 0.174. The number of aromatic nitrogens is 2. The van der Waals surface area contributed by atoms with Crippen molar-refractivity contribution in [2.24, 2.45) is 0 Å². The molecule has 0 fully saturated rings. The average Bonchev–Trinajstić information content (AvgIpc) is 2.90. The molecule has 2 heterocycles. The first-order chi connectivity index (χ1) is 9.83. The van der Waals surface area contributed by atoms with Crippen molar-refractivity contribution in [1.29, 1.82) is 0 Å². The second kappa shape index (κ2) is 6.07. The van der Waals surface area contributed by atoms with Crippen LogP contribution in [0.4, 0.5) is 0 Å². The highest BCUT2D eigenvalue weighted by atomic mass is 16.5. The van der Waals surface area contributed by atoms with Crippen molar-refractivity contribution in [1.82, 2.24) is 15.1 Å². The number of aliphatic hydroxyl groups is 1. The molecule has 1 aromatic carbocycles. The van der Waals surface area contributed by atoms with Crippen LogP contribution in [-0.2, 0) is 13.1 Å². The van der Waals surface area contributed by atoms with E-state index in [2.05, 4.69) is 10.4 Å². The maximum Gasteiger partial charge on any atom is 0.212 e. The van der Waals surface area contributed by atoms with E-state index in [1.54, 1.807) is 0 Å². The van der Waals surface area contributed by atoms with E-state index < -0.39 is 6.10 Å². The Morgan fingerprint density at radius 3 is 3.00 bits per heavy atom. The number of aryl methyl sites for hydroxylation is 1. The SMILES string of the molecule is O[C@H](CNCc1cc2n(n1)CCCO2)c1ccccc1. The Hall–Kier alpha value is -1.85. The number of benzene rings is 1. The summed E-state index contributed by atoms with van der Waals surface area (Å²) in [6.45, 7) is 2.83. The topological polar surface area (TPSA) is 59.3 Å². The van der Waals surface area contributed by atoms with Crippen LogP contribution < -0.4 is 10.1 Å². The first-order valence-corrected chi connectivity index (χ1v) is 6.96. The summed E-state index contributed by atoms with van der Waals surface area (Å²) >= 11 is 0. The summed E-state index contributed by atoms with van der Waals surface area (Å²) in [5.41, 5.74) is 1.87. The number of hydrogen-bond donors (Lipinski definition) is 2. The monoisotopic (exact) mass is 273 g/mol. The molecule has 0 saturated heterocycles. The zero-order valence-electron chi connectivity index (χ0n) is 11.3. The fourth-order valence-electron chi connectivity index (χ4n) is 2.33. The van der Waals surface area contributed by atoms with E-state index in [0.29, 0.717) is 13.1 Å². The predicted molar refractivity (Wildman–Crippen MR) is 75.4 cm³/mol. The number of nitrogens with one attached hydrogen (secondary N) is 1. The average molecular weight is 273 g/mol. The van der Waals surface area contributed by atoms with Gasteiger partial charge in [-0.25, -0.2) is 4.68 Å². The summed E-state index contributed by atoms with van der Waals surface area (Å²) in [6, 6.07) is 11.6. The van der Waals surface area contributed by atoms with Gasteiger partial charge in [0, 0.05) is 32.1 Å². The van der Waals surface area contributed by atoms with E-state index in [1.165, 1.54) is 0 Å². The second-order valence-corrected chi connectivity index (χ2v) is 4.96. The third kappa shape index (κ3) is 3.00. The molecule has 1 aliphatic rings. The molecular weight excluding hydrogens is 254 g/mol. The van der Waals surface area contributed by atoms with Gasteiger partial charge in [-0.15, -0.1) is 0 Å². The molecule has 0 spiro atoms. The highest BCUT2D eigenvalue weighted by Gasteiger charge is 2.13. The molecule has 1 aromatic heterocycles. The lowest BCUT2D eigenvalue weighted by Gasteiger charge is -2.13. The van der Waals surface area contributed by atoms with Gasteiger partial charge in [-0.2, -0.15) is 5.10 Å². The molecule has 2 aromatic rings. The summed E-state index contributed by atoms with van der Waals surface area (Å²) < 4.78 is 7.42. The molecule has 5 nitrogen and oxygen atoms in total. The van der Waals surface area contributed by atoms with Crippen molar-refractivity contribution in [3.8, 4) is 5.88 Å². The zero-order chi connectivity index (χ0) is 13.8. The molecule has 0 aliphatic carbocycles. The van der Waals surface area contributed by atoms with Crippen LogP contribution in [0.1, 0.15) is 23.8 Å². The number of fused-ring (bicyclic) bond motifs is 1. The molecule has 1 aliphatic heterocycles. The molecule has 0 radical (unpaired) electrons. The molecule has 0 unspecified atom stereocenters. The van der Waals surface area contributed by atoms with Gasteiger partial charge in [-0.1, -0.05) is 30.3 Å². The Bertz CT molecular complexity index is 530. The Balaban J connectivity index is 1.51. The van der Waals surface area contributed by atoms with Gasteiger partial charge in [0.05, 0.1) is 18.4 Å². The minimum atomic E-state index is -0.496. The molecule has 0 saturated carbocycles. The van der Waals surface area contributed by atoms with Gasteiger partial charge < -0.3 is 15.2 Å². The Labute approximate surface area is 118 Å². The van der Waals surface area contributed by atoms with Crippen LogP contribution in [0.5, 0.6) is 5.88 Å². The number of nitrogens with zero attached hydrogens (tertiary/aromatic N) is 2. The molecule has 1 atom stereocenters. The van der Waals surface area contributed by atoms with E-state index in [4.69, 9.17) is 4.74 Å². The number of hydrogen-bond acceptors (Lipinski definition) is 4. The van der Waals surface area contributed by atoms with Crippen LogP contribution >= 0.6 is 0 Å². The van der Waals surface area contributed by atoms with Crippen molar-refractivity contribution in [3.63, 3.8) is 0 Å². The summed E-state index contributed by atoms with van der Waals surface area (Å²) in [5, 5.41) is 17.7. The van der Waals surface area contributed by atoms with E-state index in [1.807, 2.05) is 41.1 Å². The summed E-state index contributed by atoms with van der Waals surface area (Å²) in [7, 11) is 0. The third-order valence-electron chi connectivity index (χ3n) is 3.39. The van der Waals surface area contributed by atoms with Gasteiger partial charge >= 0.3 is 0 Å². The molecular formula is C15H19N3O2. The van der Waals surface area contributed by atoms with Crippen LogP contribution in [0, 0.1) is 0 Å². The molecule has 0 bridgehead atoms. The van der Waals surface area contributed by atoms with Crippen LogP contribution in [0.25, 0.3) is 0 Å². The van der Waals surface area contributed by atoms with Gasteiger partial charge in [0.25, 0.3) is 0 Å². The lowest BCUT2D eigenvalue weighted by atomic mass is 10.1. The van der Waals surface area contributed by atoms with Crippen LogP contribution in [0.15, 0.2) is 36.4 Å². The number of rotatable bonds is 5. The van der Waals surface area contributed by atoms with Gasteiger partial charge in [0.2, 0.25) is 5.88 Å². The molecule has 0 amide bonds. The summed E-state index contributed by atoms with van der Waals surface area (Å²) in [5.74, 6) is 0.844. The maximum absolute atomic E-state index is 10.0. The maximum atomic E-state index is 10.0. The number of ether oxygens (including phenoxy) is 1. The van der Waals surface area contributed by atoms with E-state index in [-0.39, 0.29) is 0 Å². The molecule has 3 rings (SSSR count). The summed E-state index contributed by atoms with van der Waals surface area (Å²) in [4.78, 5) is 0. The third-order valence-corrected chi connectivity index (χ3v) is 3.39. The van der Waals surface area contributed by atoms with Gasteiger partial charge in [0.1, 0.15) is 0 Å².